The van der Waals surface area contributed by atoms with Crippen molar-refractivity contribution in [2.75, 3.05) is 11.9 Å². The van der Waals surface area contributed by atoms with Crippen LogP contribution in [0.15, 0.2) is 24.3 Å². The Bertz CT molecular complexity index is 405. The van der Waals surface area contributed by atoms with Crippen LogP contribution in [0.25, 0.3) is 0 Å². The van der Waals surface area contributed by atoms with E-state index in [0.717, 1.165) is 37.8 Å². The lowest BCUT2D eigenvalue weighted by Crippen LogP contribution is -2.27. The zero-order chi connectivity index (χ0) is 13.7. The van der Waals surface area contributed by atoms with E-state index in [4.69, 9.17) is 5.11 Å². The Morgan fingerprint density at radius 3 is 2.42 bits per heavy atom. The molecule has 2 N–H and O–H groups in total. The van der Waals surface area contributed by atoms with E-state index in [1.807, 2.05) is 31.2 Å². The number of benzene rings is 1. The summed E-state index contributed by atoms with van der Waals surface area (Å²) in [6.07, 6.45) is 4.90. The first-order valence-electron chi connectivity index (χ1n) is 7.17. The molecule has 1 saturated carbocycles. The van der Waals surface area contributed by atoms with E-state index in [-0.39, 0.29) is 18.4 Å². The lowest BCUT2D eigenvalue weighted by atomic mass is 9.80. The monoisotopic (exact) mass is 261 g/mol. The minimum Gasteiger partial charge on any atom is -0.396 e. The van der Waals surface area contributed by atoms with Gasteiger partial charge in [-0.3, -0.25) is 4.79 Å². The minimum atomic E-state index is 0.135. The Balaban J connectivity index is 1.83. The second-order valence-electron chi connectivity index (χ2n) is 5.59. The molecule has 0 atom stereocenters. The number of carbonyl (C=O) groups is 1. The van der Waals surface area contributed by atoms with E-state index in [1.54, 1.807) is 0 Å². The maximum Gasteiger partial charge on any atom is 0.227 e. The Kier molecular flexibility index (Phi) is 4.97. The predicted molar refractivity (Wildman–Crippen MR) is 77.0 cm³/mol. The molecule has 1 fully saturated rings. The van der Waals surface area contributed by atoms with Gasteiger partial charge in [0.15, 0.2) is 0 Å². The van der Waals surface area contributed by atoms with Gasteiger partial charge < -0.3 is 10.4 Å². The van der Waals surface area contributed by atoms with E-state index in [9.17, 15) is 4.79 Å². The van der Waals surface area contributed by atoms with Crippen molar-refractivity contribution in [3.63, 3.8) is 0 Å². The molecule has 3 nitrogen and oxygen atoms in total. The molecule has 1 aromatic rings. The third-order valence-electron chi connectivity index (χ3n) is 4.07. The van der Waals surface area contributed by atoms with Crippen molar-refractivity contribution in [3.8, 4) is 0 Å². The number of rotatable bonds is 4. The average Bonchev–Trinajstić information content (AvgIpc) is 2.42. The summed E-state index contributed by atoms with van der Waals surface area (Å²) in [5.41, 5.74) is 2.08. The molecule has 2 rings (SSSR count). The number of amides is 1. The fourth-order valence-corrected chi connectivity index (χ4v) is 2.78. The molecule has 19 heavy (non-hydrogen) atoms. The van der Waals surface area contributed by atoms with Crippen molar-refractivity contribution < 1.29 is 9.90 Å². The Labute approximate surface area is 115 Å². The molecule has 0 heterocycles. The molecular formula is C16H23NO2. The summed E-state index contributed by atoms with van der Waals surface area (Å²) >= 11 is 0. The van der Waals surface area contributed by atoms with Gasteiger partial charge in [-0.05, 0) is 57.1 Å². The van der Waals surface area contributed by atoms with Gasteiger partial charge in [0.1, 0.15) is 0 Å². The molecule has 0 aromatic heterocycles. The molecule has 0 unspecified atom stereocenters. The van der Waals surface area contributed by atoms with Gasteiger partial charge in [-0.15, -0.1) is 0 Å². The molecule has 3 heteroatoms. The maximum atomic E-state index is 12.2. The highest BCUT2D eigenvalue weighted by atomic mass is 16.3. The molecule has 1 amide bonds. The number of aryl methyl sites for hydroxylation is 1. The molecule has 0 aliphatic heterocycles. The van der Waals surface area contributed by atoms with Crippen LogP contribution in [-0.4, -0.2) is 17.6 Å². The number of aliphatic hydroxyl groups is 1. The molecular weight excluding hydrogens is 238 g/mol. The van der Waals surface area contributed by atoms with E-state index in [1.165, 1.54) is 5.56 Å². The lowest BCUT2D eigenvalue weighted by molar-refractivity contribution is -0.121. The molecule has 0 spiro atoms. The van der Waals surface area contributed by atoms with Gasteiger partial charge in [0.25, 0.3) is 0 Å². The number of aliphatic hydroxyl groups excluding tert-OH is 1. The van der Waals surface area contributed by atoms with Crippen LogP contribution in [0.5, 0.6) is 0 Å². The summed E-state index contributed by atoms with van der Waals surface area (Å²) in [5.74, 6) is 0.885. The van der Waals surface area contributed by atoms with Crippen LogP contribution >= 0.6 is 0 Å². The Morgan fingerprint density at radius 2 is 1.84 bits per heavy atom. The molecule has 1 aliphatic rings. The number of hydrogen-bond acceptors (Lipinski definition) is 2. The number of nitrogens with one attached hydrogen (secondary N) is 1. The summed E-state index contributed by atoms with van der Waals surface area (Å²) in [6, 6.07) is 7.91. The van der Waals surface area contributed by atoms with Crippen molar-refractivity contribution >= 4 is 11.6 Å². The fraction of sp³-hybridized carbons (Fsp3) is 0.562. The van der Waals surface area contributed by atoms with Crippen LogP contribution in [0.3, 0.4) is 0 Å². The molecule has 0 radical (unpaired) electrons. The number of anilines is 1. The third-order valence-corrected chi connectivity index (χ3v) is 4.07. The van der Waals surface area contributed by atoms with Gasteiger partial charge >= 0.3 is 0 Å². The van der Waals surface area contributed by atoms with Crippen molar-refractivity contribution in [1.29, 1.82) is 0 Å². The summed E-state index contributed by atoms with van der Waals surface area (Å²) in [7, 11) is 0. The smallest absolute Gasteiger partial charge is 0.227 e. The van der Waals surface area contributed by atoms with Gasteiger partial charge in [0.2, 0.25) is 5.91 Å². The topological polar surface area (TPSA) is 49.3 Å². The van der Waals surface area contributed by atoms with Crippen LogP contribution in [-0.2, 0) is 4.79 Å². The largest absolute Gasteiger partial charge is 0.396 e. The fourth-order valence-electron chi connectivity index (χ4n) is 2.78. The zero-order valence-electron chi connectivity index (χ0n) is 11.6. The second kappa shape index (κ2) is 6.71. The summed E-state index contributed by atoms with van der Waals surface area (Å²) in [6.45, 7) is 2.30. The molecule has 1 aromatic carbocycles. The van der Waals surface area contributed by atoms with Crippen LogP contribution in [0.1, 0.15) is 37.7 Å². The van der Waals surface area contributed by atoms with E-state index in [2.05, 4.69) is 5.32 Å². The van der Waals surface area contributed by atoms with E-state index < -0.39 is 0 Å². The zero-order valence-corrected chi connectivity index (χ0v) is 11.6. The standard InChI is InChI=1S/C16H23NO2/c1-12-2-8-15(9-3-12)17-16(19)14-6-4-13(5-7-14)10-11-18/h2-3,8-9,13-14,18H,4-7,10-11H2,1H3,(H,17,19). The predicted octanol–water partition coefficient (Wildman–Crippen LogP) is 3.12. The highest BCUT2D eigenvalue weighted by Gasteiger charge is 2.25. The summed E-state index contributed by atoms with van der Waals surface area (Å²) in [5, 5.41) is 11.9. The van der Waals surface area contributed by atoms with Crippen LogP contribution < -0.4 is 5.32 Å². The first kappa shape index (κ1) is 14.1. The van der Waals surface area contributed by atoms with E-state index in [0.29, 0.717) is 5.92 Å². The van der Waals surface area contributed by atoms with Gasteiger partial charge in [-0.2, -0.15) is 0 Å². The highest BCUT2D eigenvalue weighted by Crippen LogP contribution is 2.31. The number of hydrogen-bond donors (Lipinski definition) is 2. The summed E-state index contributed by atoms with van der Waals surface area (Å²) < 4.78 is 0. The van der Waals surface area contributed by atoms with Crippen LogP contribution in [0.4, 0.5) is 5.69 Å². The van der Waals surface area contributed by atoms with Crippen LogP contribution in [0, 0.1) is 18.8 Å². The molecule has 0 saturated heterocycles. The average molecular weight is 261 g/mol. The molecule has 1 aliphatic carbocycles. The Morgan fingerprint density at radius 1 is 1.21 bits per heavy atom. The SMILES string of the molecule is Cc1ccc(NC(=O)C2CCC(CCO)CC2)cc1. The van der Waals surface area contributed by atoms with Gasteiger partial charge in [0.05, 0.1) is 0 Å². The first-order valence-corrected chi connectivity index (χ1v) is 7.17. The van der Waals surface area contributed by atoms with Crippen molar-refractivity contribution in [3.05, 3.63) is 29.8 Å². The van der Waals surface area contributed by atoms with Gasteiger partial charge in [-0.1, -0.05) is 17.7 Å². The highest BCUT2D eigenvalue weighted by molar-refractivity contribution is 5.92. The number of carbonyl (C=O) groups excluding carboxylic acids is 1. The third kappa shape index (κ3) is 4.06. The summed E-state index contributed by atoms with van der Waals surface area (Å²) in [4.78, 5) is 12.2. The van der Waals surface area contributed by atoms with Crippen molar-refractivity contribution in [2.45, 2.75) is 39.0 Å². The van der Waals surface area contributed by atoms with Crippen molar-refractivity contribution in [1.82, 2.24) is 0 Å². The van der Waals surface area contributed by atoms with Gasteiger partial charge in [-0.25, -0.2) is 0 Å². The van der Waals surface area contributed by atoms with E-state index >= 15 is 0 Å². The van der Waals surface area contributed by atoms with Crippen LogP contribution in [0.2, 0.25) is 0 Å². The molecule has 0 bridgehead atoms. The molecule has 104 valence electrons. The lowest BCUT2D eigenvalue weighted by Gasteiger charge is -2.27. The normalized spacial score (nSPS) is 23.1. The van der Waals surface area contributed by atoms with Crippen molar-refractivity contribution in [2.24, 2.45) is 11.8 Å². The minimum absolute atomic E-state index is 0.135. The first-order chi connectivity index (χ1) is 9.19. The maximum absolute atomic E-state index is 12.2. The Hall–Kier alpha value is -1.35. The quantitative estimate of drug-likeness (QED) is 0.875. The van der Waals surface area contributed by atoms with Gasteiger partial charge in [0, 0.05) is 18.2 Å². The second-order valence-corrected chi connectivity index (χ2v) is 5.59.